The van der Waals surface area contributed by atoms with Crippen molar-refractivity contribution in [3.63, 3.8) is 0 Å². The van der Waals surface area contributed by atoms with Crippen LogP contribution in [0.2, 0.25) is 0 Å². The molecule has 1 saturated heterocycles. The summed E-state index contributed by atoms with van der Waals surface area (Å²) in [6, 6.07) is 6.56. The Morgan fingerprint density at radius 2 is 1.90 bits per heavy atom. The molecule has 1 aliphatic rings. The van der Waals surface area contributed by atoms with Gasteiger partial charge in [-0.1, -0.05) is 0 Å². The standard InChI is InChI=1S/C16H25N3O2/c1-16(2,17)11-19-9-7-12(8-10-19)15(21)18-13-3-5-14(20)6-4-13/h3-6,12,20H,7-11,17H2,1-2H3,(H,18,21). The number of hydrogen-bond donors (Lipinski definition) is 3. The first-order valence-corrected chi connectivity index (χ1v) is 7.45. The van der Waals surface area contributed by atoms with Crippen LogP contribution >= 0.6 is 0 Å². The highest BCUT2D eigenvalue weighted by Crippen LogP contribution is 2.21. The zero-order chi connectivity index (χ0) is 15.5. The number of benzene rings is 1. The van der Waals surface area contributed by atoms with Gasteiger partial charge in [0.1, 0.15) is 5.75 Å². The highest BCUT2D eigenvalue weighted by Gasteiger charge is 2.27. The Hall–Kier alpha value is -1.59. The molecule has 0 radical (unpaired) electrons. The number of phenols is 1. The Balaban J connectivity index is 1.81. The van der Waals surface area contributed by atoms with Crippen LogP contribution in [-0.4, -0.2) is 41.1 Å². The number of nitrogens with two attached hydrogens (primary N) is 1. The van der Waals surface area contributed by atoms with Crippen molar-refractivity contribution in [2.75, 3.05) is 25.0 Å². The van der Waals surface area contributed by atoms with Crippen LogP contribution in [0.5, 0.6) is 5.75 Å². The van der Waals surface area contributed by atoms with Crippen LogP contribution in [0.25, 0.3) is 0 Å². The summed E-state index contributed by atoms with van der Waals surface area (Å²) in [4.78, 5) is 14.6. The Bertz CT molecular complexity index is 471. The maximum atomic E-state index is 12.2. The smallest absolute Gasteiger partial charge is 0.227 e. The topological polar surface area (TPSA) is 78.6 Å². The van der Waals surface area contributed by atoms with E-state index in [2.05, 4.69) is 10.2 Å². The van der Waals surface area contributed by atoms with Gasteiger partial charge in [-0.15, -0.1) is 0 Å². The number of hydrogen-bond acceptors (Lipinski definition) is 4. The molecular weight excluding hydrogens is 266 g/mol. The monoisotopic (exact) mass is 291 g/mol. The summed E-state index contributed by atoms with van der Waals surface area (Å²) < 4.78 is 0. The summed E-state index contributed by atoms with van der Waals surface area (Å²) in [5.41, 5.74) is 6.57. The van der Waals surface area contributed by atoms with Crippen LogP contribution in [-0.2, 0) is 4.79 Å². The largest absolute Gasteiger partial charge is 0.508 e. The van der Waals surface area contributed by atoms with Crippen LogP contribution in [0.3, 0.4) is 0 Å². The summed E-state index contributed by atoms with van der Waals surface area (Å²) >= 11 is 0. The van der Waals surface area contributed by atoms with E-state index in [1.807, 2.05) is 13.8 Å². The van der Waals surface area contributed by atoms with Crippen LogP contribution in [0.1, 0.15) is 26.7 Å². The first-order valence-electron chi connectivity index (χ1n) is 7.45. The van der Waals surface area contributed by atoms with E-state index in [1.54, 1.807) is 24.3 Å². The molecule has 5 nitrogen and oxygen atoms in total. The summed E-state index contributed by atoms with van der Waals surface area (Å²) in [6.45, 7) is 6.73. The Kier molecular flexibility index (Phi) is 4.85. The second kappa shape index (κ2) is 6.45. The van der Waals surface area contributed by atoms with E-state index in [9.17, 15) is 9.90 Å². The van der Waals surface area contributed by atoms with Gasteiger partial charge in [0.2, 0.25) is 5.91 Å². The number of piperidine rings is 1. The number of rotatable bonds is 4. The van der Waals surface area contributed by atoms with E-state index in [4.69, 9.17) is 5.73 Å². The first-order chi connectivity index (χ1) is 9.83. The fourth-order valence-corrected chi connectivity index (χ4v) is 2.72. The molecular formula is C16H25N3O2. The zero-order valence-electron chi connectivity index (χ0n) is 12.8. The highest BCUT2D eigenvalue weighted by molar-refractivity contribution is 5.92. The molecule has 0 bridgehead atoms. The van der Waals surface area contributed by atoms with Gasteiger partial charge in [0.15, 0.2) is 0 Å². The van der Waals surface area contributed by atoms with Gasteiger partial charge < -0.3 is 21.1 Å². The summed E-state index contributed by atoms with van der Waals surface area (Å²) in [7, 11) is 0. The molecule has 5 heteroatoms. The minimum atomic E-state index is -0.193. The normalized spacial score (nSPS) is 17.7. The molecule has 1 aromatic rings. The molecule has 1 heterocycles. The van der Waals surface area contributed by atoms with Gasteiger partial charge in [-0.3, -0.25) is 4.79 Å². The fraction of sp³-hybridized carbons (Fsp3) is 0.562. The quantitative estimate of drug-likeness (QED) is 0.739. The van der Waals surface area contributed by atoms with Crippen molar-refractivity contribution in [1.82, 2.24) is 4.90 Å². The van der Waals surface area contributed by atoms with Gasteiger partial charge in [-0.2, -0.15) is 0 Å². The van der Waals surface area contributed by atoms with E-state index in [-0.39, 0.29) is 23.1 Å². The molecule has 0 atom stereocenters. The molecule has 1 fully saturated rings. The molecule has 0 saturated carbocycles. The number of nitrogens with one attached hydrogen (secondary N) is 1. The van der Waals surface area contributed by atoms with E-state index in [0.717, 1.165) is 38.2 Å². The van der Waals surface area contributed by atoms with Crippen molar-refractivity contribution < 1.29 is 9.90 Å². The molecule has 1 aromatic carbocycles. The van der Waals surface area contributed by atoms with Crippen molar-refractivity contribution in [1.29, 1.82) is 0 Å². The number of aromatic hydroxyl groups is 1. The van der Waals surface area contributed by atoms with Gasteiger partial charge in [0, 0.05) is 23.7 Å². The van der Waals surface area contributed by atoms with Crippen LogP contribution < -0.4 is 11.1 Å². The average molecular weight is 291 g/mol. The van der Waals surface area contributed by atoms with Gasteiger partial charge in [-0.25, -0.2) is 0 Å². The maximum Gasteiger partial charge on any atom is 0.227 e. The number of carbonyl (C=O) groups excluding carboxylic acids is 1. The zero-order valence-corrected chi connectivity index (χ0v) is 12.8. The predicted octanol–water partition coefficient (Wildman–Crippen LogP) is 1.78. The van der Waals surface area contributed by atoms with Gasteiger partial charge in [0.25, 0.3) is 0 Å². The number of nitrogens with zero attached hydrogens (tertiary/aromatic N) is 1. The van der Waals surface area contributed by atoms with Crippen LogP contribution in [0.15, 0.2) is 24.3 Å². The second-order valence-corrected chi connectivity index (χ2v) is 6.58. The van der Waals surface area contributed by atoms with Gasteiger partial charge in [0.05, 0.1) is 0 Å². The molecule has 21 heavy (non-hydrogen) atoms. The minimum absolute atomic E-state index is 0.0518. The second-order valence-electron chi connectivity index (χ2n) is 6.58. The van der Waals surface area contributed by atoms with Crippen LogP contribution in [0, 0.1) is 5.92 Å². The van der Waals surface area contributed by atoms with Crippen molar-refractivity contribution in [3.8, 4) is 5.75 Å². The SMILES string of the molecule is CC(C)(N)CN1CCC(C(=O)Nc2ccc(O)cc2)CC1. The predicted molar refractivity (Wildman–Crippen MR) is 84.2 cm³/mol. The molecule has 0 aromatic heterocycles. The van der Waals surface area contributed by atoms with Gasteiger partial charge >= 0.3 is 0 Å². The van der Waals surface area contributed by atoms with E-state index in [0.29, 0.717) is 0 Å². The van der Waals surface area contributed by atoms with Gasteiger partial charge in [-0.05, 0) is 64.0 Å². The van der Waals surface area contributed by atoms with Crippen molar-refractivity contribution in [3.05, 3.63) is 24.3 Å². The molecule has 2 rings (SSSR count). The first kappa shape index (κ1) is 15.8. The molecule has 1 aliphatic heterocycles. The van der Waals surface area contributed by atoms with E-state index in [1.165, 1.54) is 0 Å². The number of likely N-dealkylation sites (tertiary alicyclic amines) is 1. The lowest BCUT2D eigenvalue weighted by molar-refractivity contribution is -0.121. The highest BCUT2D eigenvalue weighted by atomic mass is 16.3. The fourth-order valence-electron chi connectivity index (χ4n) is 2.72. The number of amides is 1. The lowest BCUT2D eigenvalue weighted by Crippen LogP contribution is -2.48. The van der Waals surface area contributed by atoms with E-state index < -0.39 is 0 Å². The Morgan fingerprint density at radius 3 is 2.43 bits per heavy atom. The van der Waals surface area contributed by atoms with E-state index >= 15 is 0 Å². The molecule has 0 spiro atoms. The molecule has 1 amide bonds. The molecule has 0 unspecified atom stereocenters. The lowest BCUT2D eigenvalue weighted by Gasteiger charge is -2.35. The van der Waals surface area contributed by atoms with Crippen molar-refractivity contribution in [2.45, 2.75) is 32.2 Å². The summed E-state index contributed by atoms with van der Waals surface area (Å²) in [5.74, 6) is 0.314. The third-order valence-corrected chi connectivity index (χ3v) is 3.72. The van der Waals surface area contributed by atoms with Crippen molar-refractivity contribution in [2.24, 2.45) is 11.7 Å². The minimum Gasteiger partial charge on any atom is -0.508 e. The molecule has 4 N–H and O–H groups in total. The third kappa shape index (κ3) is 5.02. The molecule has 0 aliphatic carbocycles. The molecule has 116 valence electrons. The Labute approximate surface area is 126 Å². The van der Waals surface area contributed by atoms with Crippen LogP contribution in [0.4, 0.5) is 5.69 Å². The number of phenolic OH excluding ortho intramolecular Hbond substituents is 1. The Morgan fingerprint density at radius 1 is 1.33 bits per heavy atom. The number of anilines is 1. The summed E-state index contributed by atoms with van der Waals surface area (Å²) in [6.07, 6.45) is 1.72. The summed E-state index contributed by atoms with van der Waals surface area (Å²) in [5, 5.41) is 12.1. The average Bonchev–Trinajstić information content (AvgIpc) is 2.40. The third-order valence-electron chi connectivity index (χ3n) is 3.72. The lowest BCUT2D eigenvalue weighted by atomic mass is 9.94. The van der Waals surface area contributed by atoms with Crippen molar-refractivity contribution >= 4 is 11.6 Å². The maximum absolute atomic E-state index is 12.2. The number of carbonyl (C=O) groups is 1.